The zero-order chi connectivity index (χ0) is 20.9. The third-order valence-electron chi connectivity index (χ3n) is 3.85. The molecule has 7 nitrogen and oxygen atoms in total. The van der Waals surface area contributed by atoms with Crippen LogP contribution in [-0.2, 0) is 14.8 Å². The maximum atomic E-state index is 12.6. The maximum absolute atomic E-state index is 12.6. The summed E-state index contributed by atoms with van der Waals surface area (Å²) in [6, 6.07) is 8.40. The standard InChI is InChI=1S/C19H23ClN2O5S/c1-5-27-17-9-7-14(11-15(17)20)28(24,25)22-13(3)19(23)21-16-10-12(2)6-8-18(16)26-4/h6-11,13,22H,5H2,1-4H3,(H,21,23)/t13-/m1/s1. The zero-order valence-electron chi connectivity index (χ0n) is 16.1. The number of rotatable bonds is 8. The highest BCUT2D eigenvalue weighted by atomic mass is 35.5. The molecule has 152 valence electrons. The number of carbonyl (C=O) groups is 1. The van der Waals surface area contributed by atoms with Gasteiger partial charge in [-0.05, 0) is 56.7 Å². The van der Waals surface area contributed by atoms with Crippen molar-refractivity contribution >= 4 is 33.2 Å². The van der Waals surface area contributed by atoms with Crippen LogP contribution in [0.5, 0.6) is 11.5 Å². The first-order valence-electron chi connectivity index (χ1n) is 8.58. The molecular weight excluding hydrogens is 404 g/mol. The highest BCUT2D eigenvalue weighted by molar-refractivity contribution is 7.89. The van der Waals surface area contributed by atoms with Crippen molar-refractivity contribution < 1.29 is 22.7 Å². The lowest BCUT2D eigenvalue weighted by molar-refractivity contribution is -0.117. The Kier molecular flexibility index (Phi) is 7.29. The Morgan fingerprint density at radius 1 is 1.18 bits per heavy atom. The molecule has 2 rings (SSSR count). The number of methoxy groups -OCH3 is 1. The minimum absolute atomic E-state index is 0.0614. The third-order valence-corrected chi connectivity index (χ3v) is 5.69. The van der Waals surface area contributed by atoms with Crippen LogP contribution in [-0.4, -0.2) is 34.1 Å². The van der Waals surface area contributed by atoms with E-state index in [-0.39, 0.29) is 9.92 Å². The Hall–Kier alpha value is -2.29. The molecule has 28 heavy (non-hydrogen) atoms. The predicted octanol–water partition coefficient (Wildman–Crippen LogP) is 3.36. The lowest BCUT2D eigenvalue weighted by Crippen LogP contribution is -2.41. The number of nitrogens with one attached hydrogen (secondary N) is 2. The molecule has 0 bridgehead atoms. The Morgan fingerprint density at radius 3 is 2.46 bits per heavy atom. The summed E-state index contributed by atoms with van der Waals surface area (Å²) < 4.78 is 38.0. The molecule has 2 aromatic rings. The third kappa shape index (κ3) is 5.37. The zero-order valence-corrected chi connectivity index (χ0v) is 17.6. The van der Waals surface area contributed by atoms with Crippen molar-refractivity contribution in [2.75, 3.05) is 19.0 Å². The van der Waals surface area contributed by atoms with Crippen LogP contribution in [0.15, 0.2) is 41.3 Å². The first-order valence-corrected chi connectivity index (χ1v) is 10.4. The minimum atomic E-state index is -3.96. The second-order valence-corrected chi connectivity index (χ2v) is 8.18. The molecule has 2 N–H and O–H groups in total. The van der Waals surface area contributed by atoms with E-state index in [1.807, 2.05) is 13.0 Å². The fourth-order valence-electron chi connectivity index (χ4n) is 2.44. The second-order valence-electron chi connectivity index (χ2n) is 6.06. The van der Waals surface area contributed by atoms with Gasteiger partial charge < -0.3 is 14.8 Å². The van der Waals surface area contributed by atoms with E-state index in [0.717, 1.165) is 5.56 Å². The number of anilines is 1. The van der Waals surface area contributed by atoms with E-state index < -0.39 is 22.0 Å². The van der Waals surface area contributed by atoms with E-state index in [4.69, 9.17) is 21.1 Å². The number of sulfonamides is 1. The minimum Gasteiger partial charge on any atom is -0.495 e. The lowest BCUT2D eigenvalue weighted by atomic mass is 10.2. The van der Waals surface area contributed by atoms with Crippen molar-refractivity contribution in [3.8, 4) is 11.5 Å². The van der Waals surface area contributed by atoms with E-state index in [9.17, 15) is 13.2 Å². The molecule has 0 aliphatic rings. The number of benzene rings is 2. The van der Waals surface area contributed by atoms with Gasteiger partial charge in [0.1, 0.15) is 11.5 Å². The average molecular weight is 427 g/mol. The largest absolute Gasteiger partial charge is 0.495 e. The molecule has 0 fully saturated rings. The summed E-state index contributed by atoms with van der Waals surface area (Å²) in [7, 11) is -2.47. The number of ether oxygens (including phenoxy) is 2. The van der Waals surface area contributed by atoms with Gasteiger partial charge in [-0.2, -0.15) is 4.72 Å². The Bertz CT molecular complexity index is 963. The van der Waals surface area contributed by atoms with E-state index in [0.29, 0.717) is 23.8 Å². The van der Waals surface area contributed by atoms with Gasteiger partial charge in [0.25, 0.3) is 0 Å². The number of carbonyl (C=O) groups excluding carboxylic acids is 1. The summed E-state index contributed by atoms with van der Waals surface area (Å²) in [6.45, 7) is 5.53. The van der Waals surface area contributed by atoms with E-state index >= 15 is 0 Å². The first kappa shape index (κ1) is 22.0. The quantitative estimate of drug-likeness (QED) is 0.675. The molecule has 1 amide bonds. The second kappa shape index (κ2) is 9.27. The molecule has 0 aliphatic carbocycles. The summed E-state index contributed by atoms with van der Waals surface area (Å²) in [5, 5.41) is 2.85. The normalized spacial score (nSPS) is 12.3. The molecule has 0 spiro atoms. The van der Waals surface area contributed by atoms with Crippen LogP contribution >= 0.6 is 11.6 Å². The Balaban J connectivity index is 2.14. The summed E-state index contributed by atoms with van der Waals surface area (Å²) >= 11 is 6.06. The fraction of sp³-hybridized carbons (Fsp3) is 0.316. The maximum Gasteiger partial charge on any atom is 0.242 e. The molecule has 0 aliphatic heterocycles. The van der Waals surface area contributed by atoms with Gasteiger partial charge in [-0.15, -0.1) is 0 Å². The Labute approximate surface area is 170 Å². The summed E-state index contributed by atoms with van der Waals surface area (Å²) in [5.41, 5.74) is 1.39. The van der Waals surface area contributed by atoms with Crippen LogP contribution in [0.4, 0.5) is 5.69 Å². The molecule has 0 aromatic heterocycles. The topological polar surface area (TPSA) is 93.7 Å². The number of aryl methyl sites for hydroxylation is 1. The van der Waals surface area contributed by atoms with Crippen LogP contribution in [0, 0.1) is 6.92 Å². The molecule has 9 heteroatoms. The highest BCUT2D eigenvalue weighted by Crippen LogP contribution is 2.28. The predicted molar refractivity (Wildman–Crippen MR) is 109 cm³/mol. The number of halogens is 1. The van der Waals surface area contributed by atoms with E-state index in [2.05, 4.69) is 10.0 Å². The van der Waals surface area contributed by atoms with Gasteiger partial charge in [0.05, 0.1) is 35.4 Å². The summed E-state index contributed by atoms with van der Waals surface area (Å²) in [5.74, 6) is 0.345. The monoisotopic (exact) mass is 426 g/mol. The van der Waals surface area contributed by atoms with Gasteiger partial charge in [-0.3, -0.25) is 4.79 Å². The molecule has 2 aromatic carbocycles. The van der Waals surface area contributed by atoms with Crippen molar-refractivity contribution in [2.45, 2.75) is 31.7 Å². The molecule has 1 atom stereocenters. The molecule has 0 saturated heterocycles. The summed E-state index contributed by atoms with van der Waals surface area (Å²) in [4.78, 5) is 12.4. The van der Waals surface area contributed by atoms with Crippen molar-refractivity contribution in [2.24, 2.45) is 0 Å². The van der Waals surface area contributed by atoms with Gasteiger partial charge in [0.2, 0.25) is 15.9 Å². The lowest BCUT2D eigenvalue weighted by Gasteiger charge is -2.17. The van der Waals surface area contributed by atoms with Crippen molar-refractivity contribution in [3.63, 3.8) is 0 Å². The number of hydrogen-bond donors (Lipinski definition) is 2. The van der Waals surface area contributed by atoms with E-state index in [1.54, 1.807) is 19.1 Å². The fourth-order valence-corrected chi connectivity index (χ4v) is 3.96. The smallest absolute Gasteiger partial charge is 0.242 e. The van der Waals surface area contributed by atoms with Gasteiger partial charge in [-0.25, -0.2) is 8.42 Å². The van der Waals surface area contributed by atoms with Crippen molar-refractivity contribution in [1.29, 1.82) is 0 Å². The average Bonchev–Trinajstić information content (AvgIpc) is 2.63. The molecule has 0 saturated carbocycles. The SMILES string of the molecule is CCOc1ccc(S(=O)(=O)N[C@H](C)C(=O)Nc2cc(C)ccc2OC)cc1Cl. The molecule has 0 heterocycles. The Morgan fingerprint density at radius 2 is 1.86 bits per heavy atom. The van der Waals surface area contributed by atoms with Crippen LogP contribution in [0.1, 0.15) is 19.4 Å². The van der Waals surface area contributed by atoms with Crippen molar-refractivity contribution in [1.82, 2.24) is 4.72 Å². The van der Waals surface area contributed by atoms with Crippen LogP contribution in [0.2, 0.25) is 5.02 Å². The van der Waals surface area contributed by atoms with E-state index in [1.165, 1.54) is 32.2 Å². The molecule has 0 radical (unpaired) electrons. The van der Waals surface area contributed by atoms with Crippen LogP contribution in [0.3, 0.4) is 0 Å². The molecule has 0 unspecified atom stereocenters. The van der Waals surface area contributed by atoms with Gasteiger partial charge in [0.15, 0.2) is 0 Å². The van der Waals surface area contributed by atoms with Crippen molar-refractivity contribution in [3.05, 3.63) is 47.0 Å². The first-order chi connectivity index (χ1) is 13.2. The summed E-state index contributed by atoms with van der Waals surface area (Å²) in [6.07, 6.45) is 0. The van der Waals surface area contributed by atoms with Gasteiger partial charge in [0, 0.05) is 0 Å². The molecular formula is C19H23ClN2O5S. The van der Waals surface area contributed by atoms with Gasteiger partial charge in [-0.1, -0.05) is 17.7 Å². The number of amides is 1. The highest BCUT2D eigenvalue weighted by Gasteiger charge is 2.23. The number of hydrogen-bond acceptors (Lipinski definition) is 5. The van der Waals surface area contributed by atoms with Gasteiger partial charge >= 0.3 is 0 Å². The van der Waals surface area contributed by atoms with Crippen LogP contribution < -0.4 is 19.5 Å². The van der Waals surface area contributed by atoms with Crippen LogP contribution in [0.25, 0.3) is 0 Å².